The van der Waals surface area contributed by atoms with Gasteiger partial charge in [-0.15, -0.1) is 11.3 Å². The number of benzene rings is 2. The van der Waals surface area contributed by atoms with Crippen LogP contribution in [0.3, 0.4) is 0 Å². The molecule has 3 aromatic rings. The maximum absolute atomic E-state index is 14.8. The number of likely N-dealkylation sites (tertiary alicyclic amines) is 1. The summed E-state index contributed by atoms with van der Waals surface area (Å²) in [6.45, 7) is 1.60. The summed E-state index contributed by atoms with van der Waals surface area (Å²) in [7, 11) is -1.72. The average molecular weight is 634 g/mol. The Morgan fingerprint density at radius 1 is 1.05 bits per heavy atom. The molecule has 6 nitrogen and oxygen atoms in total. The highest BCUT2D eigenvalue weighted by Gasteiger charge is 2.29. The van der Waals surface area contributed by atoms with E-state index >= 15 is 0 Å². The smallest absolute Gasteiger partial charge is 0.304 e. The van der Waals surface area contributed by atoms with E-state index in [4.69, 9.17) is 0 Å². The van der Waals surface area contributed by atoms with E-state index in [1.807, 2.05) is 13.1 Å². The van der Waals surface area contributed by atoms with Gasteiger partial charge in [-0.1, -0.05) is 24.0 Å². The topological polar surface area (TPSA) is 70.7 Å². The molecular weight excluding hydrogens is 604 g/mol. The van der Waals surface area contributed by atoms with Crippen molar-refractivity contribution in [3.63, 3.8) is 0 Å². The van der Waals surface area contributed by atoms with Gasteiger partial charge in [-0.3, -0.25) is 0 Å². The monoisotopic (exact) mass is 633 g/mol. The molecule has 4 rings (SSSR count). The number of fused-ring (bicyclic) bond motifs is 1. The highest BCUT2D eigenvalue weighted by Crippen LogP contribution is 2.42. The summed E-state index contributed by atoms with van der Waals surface area (Å²) in [6, 6.07) is 8.51. The fourth-order valence-electron chi connectivity index (χ4n) is 4.53. The Morgan fingerprint density at radius 2 is 1.76 bits per heavy atom. The van der Waals surface area contributed by atoms with Crippen LogP contribution in [-0.2, 0) is 9.84 Å². The first kappa shape index (κ1) is 31.8. The summed E-state index contributed by atoms with van der Waals surface area (Å²) in [5.74, 6) is 4.94. The molecule has 228 valence electrons. The van der Waals surface area contributed by atoms with E-state index in [1.54, 1.807) is 12.1 Å². The van der Waals surface area contributed by atoms with Crippen molar-refractivity contribution >= 4 is 42.6 Å². The maximum Gasteiger partial charge on any atom is 0.304 e. The normalized spacial score (nSPS) is 16.3. The zero-order chi connectivity index (χ0) is 30.6. The molecular formula is C28H29F6N3O3S2. The second-order valence-corrected chi connectivity index (χ2v) is 12.9. The summed E-state index contributed by atoms with van der Waals surface area (Å²) in [5.41, 5.74) is 0.453. The Bertz CT molecular complexity index is 1560. The van der Waals surface area contributed by atoms with Crippen molar-refractivity contribution in [2.75, 3.05) is 43.6 Å². The summed E-state index contributed by atoms with van der Waals surface area (Å²) in [5, 5.41) is 6.51. The van der Waals surface area contributed by atoms with Crippen LogP contribution in [0.25, 0.3) is 10.1 Å². The number of piperidine rings is 1. The first-order valence-corrected chi connectivity index (χ1v) is 15.6. The Balaban J connectivity index is 1.61. The lowest BCUT2D eigenvalue weighted by Gasteiger charge is -2.30. The second-order valence-electron chi connectivity index (χ2n) is 9.87. The number of halogens is 6. The number of alkyl halides is 6. The van der Waals surface area contributed by atoms with Gasteiger partial charge in [0.15, 0.2) is 16.0 Å². The van der Waals surface area contributed by atoms with Crippen molar-refractivity contribution in [1.82, 2.24) is 4.90 Å². The Labute approximate surface area is 244 Å². The summed E-state index contributed by atoms with van der Waals surface area (Å²) >= 11 is 1.08. The molecule has 2 heterocycles. The third-order valence-electron chi connectivity index (χ3n) is 6.72. The van der Waals surface area contributed by atoms with Crippen molar-refractivity contribution in [1.29, 1.82) is 0 Å². The van der Waals surface area contributed by atoms with Crippen LogP contribution in [0, 0.1) is 11.8 Å². The number of hydrogen-bond donors (Lipinski definition) is 2. The van der Waals surface area contributed by atoms with E-state index in [2.05, 4.69) is 32.1 Å². The molecule has 0 aliphatic carbocycles. The lowest BCUT2D eigenvalue weighted by Crippen LogP contribution is -2.36. The van der Waals surface area contributed by atoms with Crippen LogP contribution < -0.4 is 15.4 Å². The van der Waals surface area contributed by atoms with Crippen molar-refractivity contribution in [3.05, 3.63) is 46.8 Å². The largest absolute Gasteiger partial charge is 0.452 e. The van der Waals surface area contributed by atoms with Crippen LogP contribution in [0.4, 0.5) is 37.7 Å². The van der Waals surface area contributed by atoms with E-state index < -0.39 is 41.0 Å². The van der Waals surface area contributed by atoms with Gasteiger partial charge in [-0.25, -0.2) is 30.4 Å². The van der Waals surface area contributed by atoms with Crippen LogP contribution in [0.15, 0.2) is 41.3 Å². The molecule has 42 heavy (non-hydrogen) atoms. The number of thiophene rings is 1. The molecule has 2 atom stereocenters. The van der Waals surface area contributed by atoms with Crippen LogP contribution in [-0.4, -0.2) is 71.5 Å². The average Bonchev–Trinajstić information content (AvgIpc) is 3.31. The fourth-order valence-corrected chi connectivity index (χ4v) is 6.35. The van der Waals surface area contributed by atoms with Crippen LogP contribution in [0.2, 0.25) is 0 Å². The second kappa shape index (κ2) is 13.4. The van der Waals surface area contributed by atoms with E-state index in [0.29, 0.717) is 15.8 Å². The molecule has 2 unspecified atom stereocenters. The molecule has 2 N–H and O–H groups in total. The van der Waals surface area contributed by atoms with Crippen molar-refractivity contribution in [2.45, 2.75) is 49.2 Å². The van der Waals surface area contributed by atoms with Gasteiger partial charge < -0.3 is 20.3 Å². The molecule has 1 fully saturated rings. The molecule has 1 aromatic heterocycles. The van der Waals surface area contributed by atoms with Crippen molar-refractivity contribution < 1.29 is 39.5 Å². The van der Waals surface area contributed by atoms with E-state index in [-0.39, 0.29) is 33.6 Å². The summed E-state index contributed by atoms with van der Waals surface area (Å²) in [4.78, 5) is 2.03. The van der Waals surface area contributed by atoms with Crippen LogP contribution >= 0.6 is 11.3 Å². The number of rotatable bonds is 10. The highest BCUT2D eigenvalue weighted by molar-refractivity contribution is 7.90. The van der Waals surface area contributed by atoms with Gasteiger partial charge in [-0.2, -0.15) is 4.39 Å². The zero-order valence-corrected chi connectivity index (χ0v) is 24.3. The molecule has 2 aromatic carbocycles. The number of nitrogens with one attached hydrogen (secondary N) is 2. The quantitative estimate of drug-likeness (QED) is 0.197. The first-order chi connectivity index (χ1) is 19.8. The molecule has 0 spiro atoms. The molecule has 1 aliphatic rings. The number of hydrogen-bond acceptors (Lipinski definition) is 7. The molecule has 14 heteroatoms. The standard InChI is InChI=1S/C28H29F6N3O3S2/c1-37-13-10-16(11-14-37)36-20-6-3-5-18-23(24(29)26(30)31)22(41-25(18)20)7-4-12-35-19-9-8-17(42(2,38)39)15-21(19)40-28(34)27(32)33/h3,5-6,8-9,15-16,24,26-28,35-36H,10-14H2,1-2H3. The lowest BCUT2D eigenvalue weighted by molar-refractivity contribution is -0.0666. The predicted molar refractivity (Wildman–Crippen MR) is 152 cm³/mol. The minimum absolute atomic E-state index is 0.0304. The predicted octanol–water partition coefficient (Wildman–Crippen LogP) is 6.49. The Hall–Kier alpha value is -3.15. The molecule has 0 bridgehead atoms. The van der Waals surface area contributed by atoms with Gasteiger partial charge in [0.25, 0.3) is 12.8 Å². The van der Waals surface area contributed by atoms with Crippen LogP contribution in [0.5, 0.6) is 5.75 Å². The van der Waals surface area contributed by atoms with E-state index in [0.717, 1.165) is 49.6 Å². The highest BCUT2D eigenvalue weighted by atomic mass is 32.2. The maximum atomic E-state index is 14.8. The number of nitrogens with zero attached hydrogens (tertiary/aromatic N) is 1. The minimum atomic E-state index is -3.76. The first-order valence-electron chi connectivity index (χ1n) is 12.9. The number of sulfone groups is 1. The number of ether oxygens (including phenoxy) is 1. The number of anilines is 2. The Morgan fingerprint density at radius 3 is 2.40 bits per heavy atom. The van der Waals surface area contributed by atoms with Gasteiger partial charge >= 0.3 is 6.43 Å². The van der Waals surface area contributed by atoms with E-state index in [9.17, 15) is 34.8 Å². The zero-order valence-electron chi connectivity index (χ0n) is 22.6. The van der Waals surface area contributed by atoms with Gasteiger partial charge in [0, 0.05) is 29.3 Å². The van der Waals surface area contributed by atoms with Gasteiger partial charge in [0.1, 0.15) is 5.75 Å². The van der Waals surface area contributed by atoms with Gasteiger partial charge in [0.05, 0.1) is 32.4 Å². The summed E-state index contributed by atoms with van der Waals surface area (Å²) in [6.07, 6.45) is -9.67. The third kappa shape index (κ3) is 7.62. The fraction of sp³-hybridized carbons (Fsp3) is 0.429. The Kier molecular flexibility index (Phi) is 10.2. The van der Waals surface area contributed by atoms with Gasteiger partial charge in [0.2, 0.25) is 0 Å². The molecule has 1 aliphatic heterocycles. The van der Waals surface area contributed by atoms with Crippen molar-refractivity contribution in [3.8, 4) is 17.6 Å². The summed E-state index contributed by atoms with van der Waals surface area (Å²) < 4.78 is 110. The molecule has 0 saturated carbocycles. The SMILES string of the molecule is CN1CCC(Nc2cccc3c(C(F)C(F)F)c(C#CCNc4ccc(S(C)(=O)=O)cc4OC(F)C(F)F)sc23)CC1. The molecule has 0 amide bonds. The molecule has 1 saturated heterocycles. The lowest BCUT2D eigenvalue weighted by atomic mass is 10.0. The van der Waals surface area contributed by atoms with Crippen molar-refractivity contribution in [2.24, 2.45) is 0 Å². The van der Waals surface area contributed by atoms with Crippen LogP contribution in [0.1, 0.15) is 29.5 Å². The van der Waals surface area contributed by atoms with Gasteiger partial charge in [-0.05, 0) is 51.2 Å². The van der Waals surface area contributed by atoms with E-state index in [1.165, 1.54) is 12.1 Å². The molecule has 0 radical (unpaired) electrons. The minimum Gasteiger partial charge on any atom is -0.452 e. The third-order valence-corrected chi connectivity index (χ3v) is 9.00.